The number of anilines is 2. The van der Waals surface area contributed by atoms with Gasteiger partial charge in [0.25, 0.3) is 0 Å². The van der Waals surface area contributed by atoms with Gasteiger partial charge in [0.1, 0.15) is 0 Å². The van der Waals surface area contributed by atoms with E-state index < -0.39 is 11.2 Å². The zero-order valence-corrected chi connectivity index (χ0v) is 16.2. The van der Waals surface area contributed by atoms with Crippen LogP contribution < -0.4 is 15.1 Å². The number of nitrogens with one attached hydrogen (secondary N) is 1. The van der Waals surface area contributed by atoms with Crippen LogP contribution in [0.1, 0.15) is 25.7 Å². The van der Waals surface area contributed by atoms with Crippen LogP contribution in [0.2, 0.25) is 0 Å². The van der Waals surface area contributed by atoms with Crippen molar-refractivity contribution in [2.75, 3.05) is 36.0 Å². The van der Waals surface area contributed by atoms with Gasteiger partial charge in [0.05, 0.1) is 23.9 Å². The van der Waals surface area contributed by atoms with E-state index in [0.717, 1.165) is 25.9 Å². The number of carbonyl (C=O) groups is 1. The van der Waals surface area contributed by atoms with Gasteiger partial charge in [-0.15, -0.1) is 0 Å². The van der Waals surface area contributed by atoms with Gasteiger partial charge in [-0.05, 0) is 37.7 Å². The van der Waals surface area contributed by atoms with E-state index in [-0.39, 0.29) is 11.9 Å². The molecule has 3 fully saturated rings. The lowest BCUT2D eigenvalue weighted by Gasteiger charge is -2.44. The largest absolute Gasteiger partial charge is 0.355 e. The van der Waals surface area contributed by atoms with E-state index in [2.05, 4.69) is 30.2 Å². The number of piperidine rings is 1. The minimum atomic E-state index is -0.593. The molecule has 29 heavy (non-hydrogen) atoms. The van der Waals surface area contributed by atoms with Crippen LogP contribution in [0.3, 0.4) is 0 Å². The van der Waals surface area contributed by atoms with Crippen molar-refractivity contribution in [3.8, 4) is 0 Å². The summed E-state index contributed by atoms with van der Waals surface area (Å²) in [4.78, 5) is 34.7. The number of fused-ring (bicyclic) bond motifs is 1. The Morgan fingerprint density at radius 1 is 1.17 bits per heavy atom. The molecule has 5 rings (SSSR count). The number of hydrogen-bond donors (Lipinski definition) is 1. The van der Waals surface area contributed by atoms with Crippen LogP contribution in [0.15, 0.2) is 30.9 Å². The lowest BCUT2D eigenvalue weighted by Crippen LogP contribution is -2.59. The Hall–Kier alpha value is -2.84. The molecule has 8 nitrogen and oxygen atoms in total. The molecular weight excluding hydrogens is 373 g/mol. The van der Waals surface area contributed by atoms with Gasteiger partial charge in [0, 0.05) is 38.6 Å². The average molecular weight is 397 g/mol. The summed E-state index contributed by atoms with van der Waals surface area (Å²) >= 11 is 0. The van der Waals surface area contributed by atoms with Crippen molar-refractivity contribution >= 4 is 17.8 Å². The predicted octanol–water partition coefficient (Wildman–Crippen LogP) is 1.41. The Bertz CT molecular complexity index is 876. The fraction of sp³-hybridized carbons (Fsp3) is 0.550. The maximum atomic E-state index is 13.4. The van der Waals surface area contributed by atoms with Crippen LogP contribution in [0.25, 0.3) is 0 Å². The number of nitrogens with zero attached hydrogens (tertiary/aromatic N) is 6. The van der Waals surface area contributed by atoms with E-state index in [1.165, 1.54) is 25.2 Å². The van der Waals surface area contributed by atoms with Crippen molar-refractivity contribution in [2.45, 2.75) is 31.7 Å². The lowest BCUT2D eigenvalue weighted by atomic mass is 9.74. The summed E-state index contributed by atoms with van der Waals surface area (Å²) in [5.74, 6) is 1.31. The minimum Gasteiger partial charge on any atom is -0.355 e. The van der Waals surface area contributed by atoms with Crippen molar-refractivity contribution < 1.29 is 9.18 Å². The molecule has 0 radical (unpaired) electrons. The quantitative estimate of drug-likeness (QED) is 0.816. The second kappa shape index (κ2) is 7.20. The van der Waals surface area contributed by atoms with E-state index in [1.54, 1.807) is 18.5 Å². The molecule has 2 aromatic heterocycles. The van der Waals surface area contributed by atoms with Crippen LogP contribution in [0.5, 0.6) is 0 Å². The number of aromatic nitrogens is 4. The van der Waals surface area contributed by atoms with E-state index in [9.17, 15) is 9.18 Å². The number of halogens is 1. The molecule has 3 aliphatic rings. The van der Waals surface area contributed by atoms with E-state index in [1.807, 2.05) is 4.90 Å². The molecule has 1 amide bonds. The molecule has 1 saturated carbocycles. The highest BCUT2D eigenvalue weighted by Crippen LogP contribution is 2.44. The number of amides is 1. The smallest absolute Gasteiger partial charge is 0.230 e. The second-order valence-electron chi connectivity index (χ2n) is 8.25. The average Bonchev–Trinajstić information content (AvgIpc) is 3.50. The summed E-state index contributed by atoms with van der Waals surface area (Å²) in [5, 5.41) is 3.20. The van der Waals surface area contributed by atoms with Gasteiger partial charge in [-0.3, -0.25) is 4.79 Å². The maximum Gasteiger partial charge on any atom is 0.230 e. The van der Waals surface area contributed by atoms with Gasteiger partial charge in [-0.1, -0.05) is 0 Å². The van der Waals surface area contributed by atoms with E-state index in [4.69, 9.17) is 0 Å². The van der Waals surface area contributed by atoms with Crippen molar-refractivity contribution in [2.24, 2.45) is 11.3 Å². The predicted molar refractivity (Wildman–Crippen MR) is 105 cm³/mol. The first-order valence-electron chi connectivity index (χ1n) is 10.2. The first kappa shape index (κ1) is 18.2. The molecular formula is C20H24FN7O. The molecule has 2 saturated heterocycles. The third kappa shape index (κ3) is 3.38. The summed E-state index contributed by atoms with van der Waals surface area (Å²) in [6, 6.07) is 1.70. The monoisotopic (exact) mass is 397 g/mol. The topological polar surface area (TPSA) is 87.1 Å². The number of hydrogen-bond acceptors (Lipinski definition) is 7. The SMILES string of the molecule is O=C(NCC1CC1)[C@@]12CCCN(c3ncccn3)[C@H]1CN(c1ncc(F)cn1)C2. The number of carbonyl (C=O) groups excluding carboxylic acids is 1. The summed E-state index contributed by atoms with van der Waals surface area (Å²) in [6.45, 7) is 2.61. The van der Waals surface area contributed by atoms with Crippen molar-refractivity contribution in [1.82, 2.24) is 25.3 Å². The summed E-state index contributed by atoms with van der Waals surface area (Å²) < 4.78 is 13.3. The van der Waals surface area contributed by atoms with E-state index in [0.29, 0.717) is 30.9 Å². The van der Waals surface area contributed by atoms with Crippen LogP contribution >= 0.6 is 0 Å². The number of rotatable bonds is 5. The minimum absolute atomic E-state index is 0.0830. The molecule has 1 N–H and O–H groups in total. The fourth-order valence-electron chi connectivity index (χ4n) is 4.63. The highest BCUT2D eigenvalue weighted by Gasteiger charge is 2.57. The Morgan fingerprint density at radius 3 is 2.66 bits per heavy atom. The standard InChI is InChI=1S/C20H24FN7O/c21-15-10-25-18(26-11-15)27-12-16-20(13-27,17(29)24-9-14-3-4-14)5-1-8-28(16)19-22-6-2-7-23-19/h2,6-7,10-11,14,16H,1,3-5,8-9,12-13H2,(H,24,29)/t16-,20+/m0/s1. The Labute approximate surface area is 168 Å². The van der Waals surface area contributed by atoms with Crippen LogP contribution in [-0.4, -0.2) is 58.1 Å². The first-order valence-corrected chi connectivity index (χ1v) is 10.2. The van der Waals surface area contributed by atoms with Crippen LogP contribution in [-0.2, 0) is 4.79 Å². The fourth-order valence-corrected chi connectivity index (χ4v) is 4.63. The normalized spacial score (nSPS) is 26.3. The Kier molecular flexibility index (Phi) is 4.52. The lowest BCUT2D eigenvalue weighted by molar-refractivity contribution is -0.131. The molecule has 2 aromatic rings. The molecule has 9 heteroatoms. The highest BCUT2D eigenvalue weighted by atomic mass is 19.1. The molecule has 2 atom stereocenters. The van der Waals surface area contributed by atoms with Crippen LogP contribution in [0.4, 0.5) is 16.3 Å². The highest BCUT2D eigenvalue weighted by molar-refractivity contribution is 5.86. The zero-order valence-electron chi connectivity index (χ0n) is 16.2. The Morgan fingerprint density at radius 2 is 1.93 bits per heavy atom. The van der Waals surface area contributed by atoms with Gasteiger partial charge >= 0.3 is 0 Å². The molecule has 2 aliphatic heterocycles. The third-order valence-electron chi connectivity index (χ3n) is 6.30. The second-order valence-corrected chi connectivity index (χ2v) is 8.25. The molecule has 152 valence electrons. The molecule has 0 spiro atoms. The third-order valence-corrected chi connectivity index (χ3v) is 6.30. The molecule has 0 unspecified atom stereocenters. The summed E-state index contributed by atoms with van der Waals surface area (Å²) in [6.07, 6.45) is 9.83. The van der Waals surface area contributed by atoms with Crippen molar-refractivity contribution in [1.29, 1.82) is 0 Å². The molecule has 1 aliphatic carbocycles. The van der Waals surface area contributed by atoms with Crippen molar-refractivity contribution in [3.63, 3.8) is 0 Å². The zero-order chi connectivity index (χ0) is 19.8. The van der Waals surface area contributed by atoms with Crippen molar-refractivity contribution in [3.05, 3.63) is 36.7 Å². The van der Waals surface area contributed by atoms with Gasteiger partial charge in [0.2, 0.25) is 17.8 Å². The van der Waals surface area contributed by atoms with E-state index >= 15 is 0 Å². The first-order chi connectivity index (χ1) is 14.2. The van der Waals surface area contributed by atoms with Gasteiger partial charge in [0.15, 0.2) is 5.82 Å². The van der Waals surface area contributed by atoms with Gasteiger partial charge in [-0.25, -0.2) is 24.3 Å². The molecule has 0 bridgehead atoms. The Balaban J connectivity index is 1.47. The molecule has 4 heterocycles. The summed E-state index contributed by atoms with van der Waals surface area (Å²) in [5.41, 5.74) is -0.593. The molecule has 0 aromatic carbocycles. The van der Waals surface area contributed by atoms with Crippen LogP contribution in [0, 0.1) is 17.2 Å². The van der Waals surface area contributed by atoms with Gasteiger partial charge < -0.3 is 15.1 Å². The van der Waals surface area contributed by atoms with Gasteiger partial charge in [-0.2, -0.15) is 0 Å². The maximum absolute atomic E-state index is 13.4. The summed E-state index contributed by atoms with van der Waals surface area (Å²) in [7, 11) is 0.